The number of carbonyl (C=O) groups is 3. The first-order valence-corrected chi connectivity index (χ1v) is 8.84. The average molecular weight is 368 g/mol. The second-order valence-corrected chi connectivity index (χ2v) is 6.81. The Hall–Kier alpha value is -2.99. The summed E-state index contributed by atoms with van der Waals surface area (Å²) in [4.78, 5) is 36.5. The molecule has 2 aromatic carbocycles. The zero-order valence-corrected chi connectivity index (χ0v) is 16.2. The van der Waals surface area contributed by atoms with Crippen LogP contribution >= 0.6 is 0 Å². The first kappa shape index (κ1) is 20.3. The van der Waals surface area contributed by atoms with Crippen molar-refractivity contribution in [1.82, 2.24) is 0 Å². The lowest BCUT2D eigenvalue weighted by Crippen LogP contribution is -3.11. The molecule has 0 aromatic heterocycles. The average Bonchev–Trinajstić information content (AvgIpc) is 2.58. The monoisotopic (exact) mass is 368 g/mol. The van der Waals surface area contributed by atoms with Crippen LogP contribution in [0.15, 0.2) is 42.5 Å². The molecule has 0 saturated heterocycles. The molecule has 6 nitrogen and oxygen atoms in total. The lowest BCUT2D eigenvalue weighted by Gasteiger charge is -2.15. The van der Waals surface area contributed by atoms with Gasteiger partial charge in [-0.05, 0) is 56.2 Å². The maximum Gasteiger partial charge on any atom is 0.279 e. The predicted octanol–water partition coefficient (Wildman–Crippen LogP) is 1.60. The number of hydrogen-bond acceptors (Lipinski definition) is 3. The van der Waals surface area contributed by atoms with Gasteiger partial charge in [0, 0.05) is 16.9 Å². The van der Waals surface area contributed by atoms with Crippen molar-refractivity contribution >= 4 is 29.0 Å². The molecule has 0 aliphatic heterocycles. The highest BCUT2D eigenvalue weighted by molar-refractivity contribution is 5.96. The van der Waals surface area contributed by atoms with Crippen LogP contribution in [-0.4, -0.2) is 37.7 Å². The molecule has 6 heteroatoms. The van der Waals surface area contributed by atoms with Gasteiger partial charge < -0.3 is 15.5 Å². The van der Waals surface area contributed by atoms with Crippen molar-refractivity contribution in [1.29, 1.82) is 0 Å². The summed E-state index contributed by atoms with van der Waals surface area (Å²) in [5, 5.41) is 5.70. The SMILES string of the molecule is CC(=O)c1ccc(NC(=O)C[NH+](C)CC(=O)Nc2c(C)cccc2C)cc1. The van der Waals surface area contributed by atoms with E-state index in [-0.39, 0.29) is 30.7 Å². The zero-order valence-electron chi connectivity index (χ0n) is 16.2. The minimum atomic E-state index is -0.192. The molecule has 0 heterocycles. The van der Waals surface area contributed by atoms with E-state index < -0.39 is 0 Å². The molecule has 0 radical (unpaired) electrons. The Morgan fingerprint density at radius 3 is 1.89 bits per heavy atom. The molecule has 142 valence electrons. The van der Waals surface area contributed by atoms with Gasteiger partial charge in [-0.3, -0.25) is 14.4 Å². The number of quaternary nitrogens is 1. The molecule has 1 atom stereocenters. The van der Waals surface area contributed by atoms with E-state index in [0.717, 1.165) is 21.7 Å². The van der Waals surface area contributed by atoms with Crippen LogP contribution in [0, 0.1) is 13.8 Å². The summed E-state index contributed by atoms with van der Waals surface area (Å²) in [5.74, 6) is -0.349. The largest absolute Gasteiger partial charge is 0.322 e. The fraction of sp³-hybridized carbons (Fsp3) is 0.286. The van der Waals surface area contributed by atoms with Crippen LogP contribution in [0.3, 0.4) is 0 Å². The predicted molar refractivity (Wildman–Crippen MR) is 106 cm³/mol. The minimum Gasteiger partial charge on any atom is -0.322 e. The molecular formula is C21H26N3O3+. The zero-order chi connectivity index (χ0) is 20.0. The highest BCUT2D eigenvalue weighted by atomic mass is 16.2. The van der Waals surface area contributed by atoms with Gasteiger partial charge in [0.2, 0.25) is 0 Å². The molecule has 0 aliphatic rings. The van der Waals surface area contributed by atoms with Crippen LogP contribution in [0.1, 0.15) is 28.4 Å². The lowest BCUT2D eigenvalue weighted by molar-refractivity contribution is -0.862. The normalized spacial score (nSPS) is 11.6. The Morgan fingerprint density at radius 2 is 1.37 bits per heavy atom. The summed E-state index contributed by atoms with van der Waals surface area (Å²) >= 11 is 0. The van der Waals surface area contributed by atoms with Gasteiger partial charge in [-0.1, -0.05) is 18.2 Å². The number of para-hydroxylation sites is 1. The standard InChI is InChI=1S/C21H25N3O3/c1-14-6-5-7-15(2)21(14)23-20(27)13-24(4)12-19(26)22-18-10-8-17(9-11-18)16(3)25/h5-11H,12-13H2,1-4H3,(H,22,26)(H,23,27)/p+1. The summed E-state index contributed by atoms with van der Waals surface area (Å²) in [6.45, 7) is 5.74. The highest BCUT2D eigenvalue weighted by Crippen LogP contribution is 2.18. The molecule has 27 heavy (non-hydrogen) atoms. The molecule has 2 aromatic rings. The molecule has 2 rings (SSSR count). The minimum absolute atomic E-state index is 0.0213. The summed E-state index contributed by atoms with van der Waals surface area (Å²) < 4.78 is 0. The van der Waals surface area contributed by atoms with Crippen molar-refractivity contribution < 1.29 is 19.3 Å². The third-order valence-corrected chi connectivity index (χ3v) is 4.25. The number of ketones is 1. The highest BCUT2D eigenvalue weighted by Gasteiger charge is 2.16. The van der Waals surface area contributed by atoms with Crippen molar-refractivity contribution in [3.8, 4) is 0 Å². The van der Waals surface area contributed by atoms with Crippen LogP contribution in [0.5, 0.6) is 0 Å². The summed E-state index contributed by atoms with van der Waals surface area (Å²) in [6, 6.07) is 12.6. The fourth-order valence-corrected chi connectivity index (χ4v) is 2.80. The fourth-order valence-electron chi connectivity index (χ4n) is 2.80. The summed E-state index contributed by atoms with van der Waals surface area (Å²) in [6.07, 6.45) is 0. The van der Waals surface area contributed by atoms with Gasteiger partial charge in [0.1, 0.15) is 0 Å². The number of likely N-dealkylation sites (N-methyl/N-ethyl adjacent to an activating group) is 1. The van der Waals surface area contributed by atoms with E-state index in [4.69, 9.17) is 0 Å². The van der Waals surface area contributed by atoms with Gasteiger partial charge in [0.05, 0.1) is 7.05 Å². The molecule has 0 spiro atoms. The lowest BCUT2D eigenvalue weighted by atomic mass is 10.1. The van der Waals surface area contributed by atoms with Crippen molar-refractivity contribution in [3.63, 3.8) is 0 Å². The summed E-state index contributed by atoms with van der Waals surface area (Å²) in [5.41, 5.74) is 4.06. The Balaban J connectivity index is 1.85. The molecule has 1 unspecified atom stereocenters. The topological polar surface area (TPSA) is 79.7 Å². The molecule has 0 bridgehead atoms. The van der Waals surface area contributed by atoms with Gasteiger partial charge in [0.15, 0.2) is 18.9 Å². The number of hydrogen-bond donors (Lipinski definition) is 3. The smallest absolute Gasteiger partial charge is 0.279 e. The van der Waals surface area contributed by atoms with Crippen molar-refractivity contribution in [2.45, 2.75) is 20.8 Å². The third kappa shape index (κ3) is 6.04. The van der Waals surface area contributed by atoms with Gasteiger partial charge >= 0.3 is 0 Å². The van der Waals surface area contributed by atoms with E-state index in [1.807, 2.05) is 32.0 Å². The van der Waals surface area contributed by atoms with Gasteiger partial charge in [-0.15, -0.1) is 0 Å². The van der Waals surface area contributed by atoms with E-state index in [1.54, 1.807) is 31.3 Å². The Labute approximate surface area is 159 Å². The Morgan fingerprint density at radius 1 is 0.852 bits per heavy atom. The van der Waals surface area contributed by atoms with Crippen LogP contribution < -0.4 is 15.5 Å². The van der Waals surface area contributed by atoms with Crippen LogP contribution in [0.2, 0.25) is 0 Å². The number of anilines is 2. The number of benzene rings is 2. The third-order valence-electron chi connectivity index (χ3n) is 4.25. The number of rotatable bonds is 7. The van der Waals surface area contributed by atoms with Gasteiger partial charge in [0.25, 0.3) is 11.8 Å². The molecular weight excluding hydrogens is 342 g/mol. The number of carbonyl (C=O) groups excluding carboxylic acids is 3. The molecule has 0 aliphatic carbocycles. The Kier molecular flexibility index (Phi) is 6.85. The Bertz CT molecular complexity index is 824. The van der Waals surface area contributed by atoms with E-state index >= 15 is 0 Å². The van der Waals surface area contributed by atoms with Crippen molar-refractivity contribution in [2.75, 3.05) is 30.8 Å². The number of aryl methyl sites for hydroxylation is 2. The van der Waals surface area contributed by atoms with Crippen molar-refractivity contribution in [2.24, 2.45) is 0 Å². The molecule has 3 N–H and O–H groups in total. The summed E-state index contributed by atoms with van der Waals surface area (Å²) in [7, 11) is 1.79. The van der Waals surface area contributed by atoms with Crippen LogP contribution in [0.4, 0.5) is 11.4 Å². The first-order valence-electron chi connectivity index (χ1n) is 8.84. The van der Waals surface area contributed by atoms with Crippen molar-refractivity contribution in [3.05, 3.63) is 59.2 Å². The van der Waals surface area contributed by atoms with E-state index in [9.17, 15) is 14.4 Å². The number of nitrogens with one attached hydrogen (secondary N) is 3. The second kappa shape index (κ2) is 9.09. The molecule has 0 saturated carbocycles. The molecule has 0 fully saturated rings. The maximum absolute atomic E-state index is 12.3. The van der Waals surface area contributed by atoms with E-state index in [1.165, 1.54) is 6.92 Å². The van der Waals surface area contributed by atoms with Crippen LogP contribution in [-0.2, 0) is 9.59 Å². The quantitative estimate of drug-likeness (QED) is 0.650. The maximum atomic E-state index is 12.3. The van der Waals surface area contributed by atoms with E-state index in [0.29, 0.717) is 11.3 Å². The van der Waals surface area contributed by atoms with Gasteiger partial charge in [-0.25, -0.2) is 0 Å². The van der Waals surface area contributed by atoms with E-state index in [2.05, 4.69) is 10.6 Å². The van der Waals surface area contributed by atoms with Gasteiger partial charge in [-0.2, -0.15) is 0 Å². The molecule has 2 amide bonds. The first-order chi connectivity index (χ1) is 12.8. The second-order valence-electron chi connectivity index (χ2n) is 6.81. The van der Waals surface area contributed by atoms with Crippen LogP contribution in [0.25, 0.3) is 0 Å². The number of amides is 2. The number of Topliss-reactive ketones (excluding diaryl/α,β-unsaturated/α-hetero) is 1.